The lowest BCUT2D eigenvalue weighted by Crippen LogP contribution is -2.48. The highest BCUT2D eigenvalue weighted by molar-refractivity contribution is 6.22. The first-order chi connectivity index (χ1) is 13.5. The molecule has 2 aliphatic rings. The van der Waals surface area contributed by atoms with Gasteiger partial charge in [0.05, 0.1) is 17.2 Å². The number of nitrogens with zero attached hydrogens (tertiary/aromatic N) is 1. The quantitative estimate of drug-likeness (QED) is 0.832. The summed E-state index contributed by atoms with van der Waals surface area (Å²) in [6.45, 7) is 3.52. The maximum atomic E-state index is 12.8. The number of nitrogens with one attached hydrogen (secondary N) is 1. The Labute approximate surface area is 164 Å². The number of benzene rings is 2. The summed E-state index contributed by atoms with van der Waals surface area (Å²) in [4.78, 5) is 39.0. The molecule has 3 amide bonds. The monoisotopic (exact) mass is 376 g/mol. The average Bonchev–Trinajstić information content (AvgIpc) is 2.97. The molecule has 1 aliphatic heterocycles. The van der Waals surface area contributed by atoms with Crippen LogP contribution in [0.5, 0.6) is 0 Å². The lowest BCUT2D eigenvalue weighted by Gasteiger charge is -2.25. The lowest BCUT2D eigenvalue weighted by atomic mass is 9.89. The minimum Gasteiger partial charge on any atom is -0.348 e. The SMILES string of the molecule is C[C@H](NC(=O)[C@@H](C)N1C(=O)c2ccccc2C1=O)c1ccc2c(c1)CCCC2. The summed E-state index contributed by atoms with van der Waals surface area (Å²) in [6.07, 6.45) is 4.63. The Balaban J connectivity index is 1.48. The van der Waals surface area contributed by atoms with Crippen molar-refractivity contribution in [2.24, 2.45) is 0 Å². The molecule has 1 aliphatic carbocycles. The number of aryl methyl sites for hydroxylation is 2. The molecule has 144 valence electrons. The van der Waals surface area contributed by atoms with Crippen LogP contribution in [0, 0.1) is 0 Å². The summed E-state index contributed by atoms with van der Waals surface area (Å²) in [5.74, 6) is -1.16. The lowest BCUT2D eigenvalue weighted by molar-refractivity contribution is -0.125. The molecule has 1 heterocycles. The van der Waals surface area contributed by atoms with E-state index in [1.807, 2.05) is 6.92 Å². The Bertz CT molecular complexity index is 931. The number of carbonyl (C=O) groups is 3. The third-order valence-electron chi connectivity index (χ3n) is 5.82. The van der Waals surface area contributed by atoms with Crippen molar-refractivity contribution in [3.8, 4) is 0 Å². The molecule has 0 saturated carbocycles. The molecule has 5 heteroatoms. The second kappa shape index (κ2) is 7.23. The second-order valence-electron chi connectivity index (χ2n) is 7.67. The molecule has 2 aromatic carbocycles. The predicted molar refractivity (Wildman–Crippen MR) is 106 cm³/mol. The topological polar surface area (TPSA) is 66.5 Å². The molecule has 0 spiro atoms. The third kappa shape index (κ3) is 3.11. The van der Waals surface area contributed by atoms with Crippen LogP contribution in [0.15, 0.2) is 42.5 Å². The van der Waals surface area contributed by atoms with Crippen molar-refractivity contribution in [1.82, 2.24) is 10.2 Å². The van der Waals surface area contributed by atoms with Crippen molar-refractivity contribution >= 4 is 17.7 Å². The zero-order chi connectivity index (χ0) is 19.8. The van der Waals surface area contributed by atoms with Crippen molar-refractivity contribution in [3.05, 3.63) is 70.3 Å². The van der Waals surface area contributed by atoms with Crippen molar-refractivity contribution in [2.75, 3.05) is 0 Å². The van der Waals surface area contributed by atoms with Gasteiger partial charge in [-0.05, 0) is 68.4 Å². The molecule has 1 N–H and O–H groups in total. The van der Waals surface area contributed by atoms with Gasteiger partial charge < -0.3 is 5.32 Å². The summed E-state index contributed by atoms with van der Waals surface area (Å²) in [5, 5.41) is 2.96. The molecule has 0 unspecified atom stereocenters. The Morgan fingerprint density at radius 3 is 2.18 bits per heavy atom. The molecular formula is C23H24N2O3. The summed E-state index contributed by atoms with van der Waals surface area (Å²) >= 11 is 0. The standard InChI is InChI=1S/C23H24N2O3/c1-14(17-12-11-16-7-3-4-8-18(16)13-17)24-21(26)15(2)25-22(27)19-9-5-6-10-20(19)23(25)28/h5-6,9-15H,3-4,7-8H2,1-2H3,(H,24,26)/t14-,15+/m0/s1. The highest BCUT2D eigenvalue weighted by atomic mass is 16.2. The van der Waals surface area contributed by atoms with Gasteiger partial charge in [-0.1, -0.05) is 30.3 Å². The highest BCUT2D eigenvalue weighted by Gasteiger charge is 2.40. The molecule has 5 nitrogen and oxygen atoms in total. The summed E-state index contributed by atoms with van der Waals surface area (Å²) in [6, 6.07) is 12.0. The van der Waals surface area contributed by atoms with Crippen LogP contribution in [0.3, 0.4) is 0 Å². The van der Waals surface area contributed by atoms with Crippen LogP contribution in [0.2, 0.25) is 0 Å². The van der Waals surface area contributed by atoms with Crippen LogP contribution < -0.4 is 5.32 Å². The maximum absolute atomic E-state index is 12.8. The zero-order valence-corrected chi connectivity index (χ0v) is 16.2. The van der Waals surface area contributed by atoms with Gasteiger partial charge in [-0.2, -0.15) is 0 Å². The number of amides is 3. The molecule has 0 bridgehead atoms. The first kappa shape index (κ1) is 18.4. The molecule has 2 atom stereocenters. The Morgan fingerprint density at radius 2 is 1.54 bits per heavy atom. The number of rotatable bonds is 4. The van der Waals surface area contributed by atoms with Gasteiger partial charge in [-0.25, -0.2) is 0 Å². The molecular weight excluding hydrogens is 352 g/mol. The van der Waals surface area contributed by atoms with Gasteiger partial charge in [0.25, 0.3) is 11.8 Å². The van der Waals surface area contributed by atoms with Crippen molar-refractivity contribution < 1.29 is 14.4 Å². The van der Waals surface area contributed by atoms with Crippen LogP contribution in [-0.4, -0.2) is 28.7 Å². The molecule has 4 rings (SSSR count). The number of hydrogen-bond acceptors (Lipinski definition) is 3. The smallest absolute Gasteiger partial charge is 0.262 e. The minimum atomic E-state index is -0.868. The molecule has 0 fully saturated rings. The van der Waals surface area contributed by atoms with Crippen LogP contribution in [0.4, 0.5) is 0 Å². The predicted octanol–water partition coefficient (Wildman–Crippen LogP) is 3.43. The zero-order valence-electron chi connectivity index (χ0n) is 16.2. The van der Waals surface area contributed by atoms with E-state index in [4.69, 9.17) is 0 Å². The van der Waals surface area contributed by atoms with Gasteiger partial charge in [0, 0.05) is 0 Å². The van der Waals surface area contributed by atoms with Gasteiger partial charge >= 0.3 is 0 Å². The van der Waals surface area contributed by atoms with E-state index < -0.39 is 17.9 Å². The van der Waals surface area contributed by atoms with Crippen LogP contribution in [0.25, 0.3) is 0 Å². The van der Waals surface area contributed by atoms with E-state index in [1.54, 1.807) is 31.2 Å². The van der Waals surface area contributed by atoms with Crippen molar-refractivity contribution in [3.63, 3.8) is 0 Å². The van der Waals surface area contributed by atoms with Crippen LogP contribution in [0.1, 0.15) is 70.1 Å². The van der Waals surface area contributed by atoms with E-state index in [9.17, 15) is 14.4 Å². The van der Waals surface area contributed by atoms with E-state index in [-0.39, 0.29) is 11.9 Å². The fourth-order valence-electron chi connectivity index (χ4n) is 4.12. The number of imide groups is 1. The van der Waals surface area contributed by atoms with Crippen molar-refractivity contribution in [1.29, 1.82) is 0 Å². The van der Waals surface area contributed by atoms with Gasteiger partial charge in [0.15, 0.2) is 0 Å². The largest absolute Gasteiger partial charge is 0.348 e. The van der Waals surface area contributed by atoms with E-state index >= 15 is 0 Å². The van der Waals surface area contributed by atoms with E-state index in [0.717, 1.165) is 23.3 Å². The van der Waals surface area contributed by atoms with Crippen molar-refractivity contribution in [2.45, 2.75) is 51.6 Å². The first-order valence-electron chi connectivity index (χ1n) is 9.86. The first-order valence-corrected chi connectivity index (χ1v) is 9.86. The maximum Gasteiger partial charge on any atom is 0.262 e. The number of hydrogen-bond donors (Lipinski definition) is 1. The highest BCUT2D eigenvalue weighted by Crippen LogP contribution is 2.26. The fourth-order valence-corrected chi connectivity index (χ4v) is 4.12. The Kier molecular flexibility index (Phi) is 4.75. The molecule has 2 aromatic rings. The third-order valence-corrected chi connectivity index (χ3v) is 5.82. The Hall–Kier alpha value is -2.95. The van der Waals surface area contributed by atoms with Gasteiger partial charge in [0.1, 0.15) is 6.04 Å². The summed E-state index contributed by atoms with van der Waals surface area (Å²) in [5.41, 5.74) is 4.51. The van der Waals surface area contributed by atoms with Crippen LogP contribution in [-0.2, 0) is 17.6 Å². The molecule has 0 radical (unpaired) electrons. The van der Waals surface area contributed by atoms with Crippen LogP contribution >= 0.6 is 0 Å². The normalized spacial score (nSPS) is 17.7. The average molecular weight is 376 g/mol. The Morgan fingerprint density at radius 1 is 0.929 bits per heavy atom. The van der Waals surface area contributed by atoms with E-state index in [1.165, 1.54) is 24.0 Å². The summed E-state index contributed by atoms with van der Waals surface area (Å²) < 4.78 is 0. The molecule has 28 heavy (non-hydrogen) atoms. The van der Waals surface area contributed by atoms with Gasteiger partial charge in [-0.3, -0.25) is 19.3 Å². The van der Waals surface area contributed by atoms with Gasteiger partial charge in [-0.15, -0.1) is 0 Å². The fraction of sp³-hybridized carbons (Fsp3) is 0.348. The second-order valence-corrected chi connectivity index (χ2v) is 7.67. The van der Waals surface area contributed by atoms with E-state index in [2.05, 4.69) is 23.5 Å². The van der Waals surface area contributed by atoms with E-state index in [0.29, 0.717) is 11.1 Å². The van der Waals surface area contributed by atoms with Gasteiger partial charge in [0.2, 0.25) is 5.91 Å². The summed E-state index contributed by atoms with van der Waals surface area (Å²) in [7, 11) is 0. The molecule has 0 saturated heterocycles. The molecule has 0 aromatic heterocycles. The number of carbonyl (C=O) groups excluding carboxylic acids is 3. The minimum absolute atomic E-state index is 0.197. The number of fused-ring (bicyclic) bond motifs is 2.